The molecule has 5 nitrogen and oxygen atoms in total. The molecule has 1 atom stereocenters. The van der Waals surface area contributed by atoms with Crippen LogP contribution in [0.15, 0.2) is 24.3 Å². The summed E-state index contributed by atoms with van der Waals surface area (Å²) < 4.78 is 10.7. The van der Waals surface area contributed by atoms with Crippen molar-refractivity contribution >= 4 is 11.9 Å². The van der Waals surface area contributed by atoms with Gasteiger partial charge in [0.25, 0.3) is 0 Å². The molecule has 2 fully saturated rings. The van der Waals surface area contributed by atoms with E-state index in [1.807, 2.05) is 0 Å². The van der Waals surface area contributed by atoms with E-state index in [4.69, 9.17) is 14.6 Å². The summed E-state index contributed by atoms with van der Waals surface area (Å²) in [7, 11) is 0. The van der Waals surface area contributed by atoms with E-state index in [1.54, 1.807) is 6.92 Å². The van der Waals surface area contributed by atoms with Crippen molar-refractivity contribution in [2.75, 3.05) is 19.8 Å². The molecule has 0 aliphatic heterocycles. The number of esters is 2. The van der Waals surface area contributed by atoms with Crippen molar-refractivity contribution < 1.29 is 24.2 Å². The lowest BCUT2D eigenvalue weighted by atomic mass is 9.68. The lowest BCUT2D eigenvalue weighted by molar-refractivity contribution is -0.144. The lowest BCUT2D eigenvalue weighted by Crippen LogP contribution is -2.28. The fourth-order valence-corrected chi connectivity index (χ4v) is 5.99. The zero-order valence-electron chi connectivity index (χ0n) is 22.6. The number of rotatable bonds is 14. The molecule has 0 aromatic rings. The van der Waals surface area contributed by atoms with E-state index in [2.05, 4.69) is 27.0 Å². The maximum Gasteiger partial charge on any atom is 0.335 e. The predicted octanol–water partition coefficient (Wildman–Crippen LogP) is 6.64. The maximum absolute atomic E-state index is 11.9. The van der Waals surface area contributed by atoms with Crippen molar-refractivity contribution in [3.8, 4) is 0 Å². The van der Waals surface area contributed by atoms with Gasteiger partial charge in [0.1, 0.15) is 0 Å². The Hall–Kier alpha value is -1.62. The smallest absolute Gasteiger partial charge is 0.335 e. The van der Waals surface area contributed by atoms with Gasteiger partial charge in [0.15, 0.2) is 0 Å². The largest absolute Gasteiger partial charge is 0.462 e. The van der Waals surface area contributed by atoms with Gasteiger partial charge < -0.3 is 14.6 Å². The molecular weight excluding hydrogens is 440 g/mol. The zero-order valence-corrected chi connectivity index (χ0v) is 22.6. The van der Waals surface area contributed by atoms with Crippen LogP contribution in [0.2, 0.25) is 0 Å². The predicted molar refractivity (Wildman–Crippen MR) is 141 cm³/mol. The highest BCUT2D eigenvalue weighted by Crippen LogP contribution is 2.43. The molecule has 2 aliphatic rings. The van der Waals surface area contributed by atoms with Gasteiger partial charge >= 0.3 is 11.9 Å². The molecule has 2 rings (SSSR count). The van der Waals surface area contributed by atoms with Crippen molar-refractivity contribution in [3.05, 3.63) is 24.3 Å². The Kier molecular flexibility index (Phi) is 13.1. The Bertz CT molecular complexity index is 681. The number of carbonyl (C=O) groups excluding carboxylic acids is 2. The van der Waals surface area contributed by atoms with Crippen LogP contribution in [0.5, 0.6) is 0 Å². The van der Waals surface area contributed by atoms with E-state index < -0.39 is 18.5 Å². The maximum atomic E-state index is 11.9. The standard InChI is InChI=1S/C30H50O5/c1-21(2)7-6-8-24-9-13-27(14-10-24)28-15-11-25(12-16-28)17-26(19-34-29(32)22(3)4)20-35-30(33)23(5)18-31/h21,24-28,31H,3,5-20H2,1-2,4H3. The molecule has 0 saturated heterocycles. The lowest BCUT2D eigenvalue weighted by Gasteiger charge is -2.38. The van der Waals surface area contributed by atoms with Crippen molar-refractivity contribution in [1.82, 2.24) is 0 Å². The van der Waals surface area contributed by atoms with Crippen LogP contribution in [0.1, 0.15) is 97.8 Å². The summed E-state index contributed by atoms with van der Waals surface area (Å²) in [5, 5.41) is 9.09. The molecule has 1 unspecified atom stereocenters. The number of aliphatic hydroxyl groups is 1. The fraction of sp³-hybridized carbons (Fsp3) is 0.800. The Balaban J connectivity index is 1.76. The van der Waals surface area contributed by atoms with Gasteiger partial charge in [-0.1, -0.05) is 72.0 Å². The molecule has 0 aromatic heterocycles. The first kappa shape index (κ1) is 29.6. The summed E-state index contributed by atoms with van der Waals surface area (Å²) >= 11 is 0. The van der Waals surface area contributed by atoms with E-state index in [0.717, 1.165) is 30.1 Å². The summed E-state index contributed by atoms with van der Waals surface area (Å²) in [5.74, 6) is 3.03. The average molecular weight is 491 g/mol. The van der Waals surface area contributed by atoms with Crippen LogP contribution < -0.4 is 0 Å². The van der Waals surface area contributed by atoms with Gasteiger partial charge in [0.2, 0.25) is 0 Å². The Morgan fingerprint density at radius 1 is 0.857 bits per heavy atom. The molecule has 35 heavy (non-hydrogen) atoms. The third kappa shape index (κ3) is 10.9. The van der Waals surface area contributed by atoms with Crippen molar-refractivity contribution in [2.24, 2.45) is 35.5 Å². The van der Waals surface area contributed by atoms with Crippen molar-refractivity contribution in [3.63, 3.8) is 0 Å². The number of hydrogen-bond acceptors (Lipinski definition) is 5. The third-order valence-corrected chi connectivity index (χ3v) is 8.24. The van der Waals surface area contributed by atoms with E-state index >= 15 is 0 Å². The second-order valence-corrected chi connectivity index (χ2v) is 11.7. The van der Waals surface area contributed by atoms with E-state index in [1.165, 1.54) is 70.6 Å². The summed E-state index contributed by atoms with van der Waals surface area (Å²) in [5.41, 5.74) is 0.405. The first-order valence-corrected chi connectivity index (χ1v) is 14.0. The van der Waals surface area contributed by atoms with Crippen LogP contribution in [-0.4, -0.2) is 36.9 Å². The minimum absolute atomic E-state index is 0.0397. The van der Waals surface area contributed by atoms with E-state index in [9.17, 15) is 9.59 Å². The van der Waals surface area contributed by atoms with Crippen LogP contribution in [0.4, 0.5) is 0 Å². The topological polar surface area (TPSA) is 72.8 Å². The fourth-order valence-electron chi connectivity index (χ4n) is 5.99. The minimum Gasteiger partial charge on any atom is -0.462 e. The van der Waals surface area contributed by atoms with Crippen LogP contribution in [-0.2, 0) is 19.1 Å². The summed E-state index contributed by atoms with van der Waals surface area (Å²) in [6, 6.07) is 0. The molecule has 0 amide bonds. The van der Waals surface area contributed by atoms with Gasteiger partial charge in [-0.15, -0.1) is 0 Å². The molecule has 0 spiro atoms. The van der Waals surface area contributed by atoms with Crippen LogP contribution >= 0.6 is 0 Å². The molecule has 0 aromatic carbocycles. The van der Waals surface area contributed by atoms with E-state index in [0.29, 0.717) is 11.5 Å². The van der Waals surface area contributed by atoms with Gasteiger partial charge in [-0.25, -0.2) is 9.59 Å². The van der Waals surface area contributed by atoms with Gasteiger partial charge in [0.05, 0.1) is 25.4 Å². The number of hydrogen-bond donors (Lipinski definition) is 1. The first-order valence-electron chi connectivity index (χ1n) is 14.0. The minimum atomic E-state index is -0.591. The highest BCUT2D eigenvalue weighted by molar-refractivity contribution is 5.88. The molecule has 0 heterocycles. The Morgan fingerprint density at radius 2 is 1.37 bits per heavy atom. The van der Waals surface area contributed by atoms with Crippen molar-refractivity contribution in [2.45, 2.75) is 97.8 Å². The molecule has 2 saturated carbocycles. The SMILES string of the molecule is C=C(C)C(=O)OCC(COC(=O)C(=C)CO)CC1CCC(C2CCC(CCCC(C)C)CC2)CC1. The molecule has 0 bridgehead atoms. The quantitative estimate of drug-likeness (QED) is 0.218. The van der Waals surface area contributed by atoms with Gasteiger partial charge in [-0.3, -0.25) is 0 Å². The van der Waals surface area contributed by atoms with Crippen LogP contribution in [0, 0.1) is 35.5 Å². The molecule has 2 aliphatic carbocycles. The summed E-state index contributed by atoms with van der Waals surface area (Å²) in [4.78, 5) is 23.8. The van der Waals surface area contributed by atoms with Gasteiger partial charge in [0, 0.05) is 11.5 Å². The average Bonchev–Trinajstić information content (AvgIpc) is 2.85. The normalized spacial score (nSPS) is 25.6. The number of ether oxygens (including phenoxy) is 2. The summed E-state index contributed by atoms with van der Waals surface area (Å²) in [6.45, 7) is 13.4. The van der Waals surface area contributed by atoms with Crippen LogP contribution in [0.25, 0.3) is 0 Å². The van der Waals surface area contributed by atoms with Gasteiger partial charge in [-0.05, 0) is 68.6 Å². The summed E-state index contributed by atoms with van der Waals surface area (Å²) in [6.07, 6.45) is 15.7. The third-order valence-electron chi connectivity index (χ3n) is 8.24. The van der Waals surface area contributed by atoms with E-state index in [-0.39, 0.29) is 24.7 Å². The monoisotopic (exact) mass is 490 g/mol. The molecule has 0 radical (unpaired) electrons. The number of carbonyl (C=O) groups is 2. The Labute approximate surface area is 213 Å². The zero-order chi connectivity index (χ0) is 25.8. The molecular formula is C30H50O5. The second-order valence-electron chi connectivity index (χ2n) is 11.7. The first-order chi connectivity index (χ1) is 16.7. The van der Waals surface area contributed by atoms with Gasteiger partial charge in [-0.2, -0.15) is 0 Å². The molecule has 1 N–H and O–H groups in total. The van der Waals surface area contributed by atoms with Crippen molar-refractivity contribution in [1.29, 1.82) is 0 Å². The number of aliphatic hydroxyl groups excluding tert-OH is 1. The second kappa shape index (κ2) is 15.5. The highest BCUT2D eigenvalue weighted by Gasteiger charge is 2.32. The van der Waals surface area contributed by atoms with Crippen LogP contribution in [0.3, 0.4) is 0 Å². The molecule has 200 valence electrons. The molecule has 5 heteroatoms. The Morgan fingerprint density at radius 3 is 1.86 bits per heavy atom. The highest BCUT2D eigenvalue weighted by atomic mass is 16.5.